The van der Waals surface area contributed by atoms with Crippen LogP contribution in [0.25, 0.3) is 0 Å². The van der Waals surface area contributed by atoms with Gasteiger partial charge in [0.25, 0.3) is 0 Å². The number of fused-ring (bicyclic) bond motifs is 1. The van der Waals surface area contributed by atoms with Gasteiger partial charge in [0.05, 0.1) is 14.2 Å². The lowest BCUT2D eigenvalue weighted by Crippen LogP contribution is -2.44. The van der Waals surface area contributed by atoms with Crippen LogP contribution in [0.4, 0.5) is 8.78 Å². The van der Waals surface area contributed by atoms with E-state index in [-0.39, 0.29) is 11.8 Å². The molecule has 2 N–H and O–H groups in total. The Morgan fingerprint density at radius 2 is 1.69 bits per heavy atom. The fourth-order valence-corrected chi connectivity index (χ4v) is 4.97. The summed E-state index contributed by atoms with van der Waals surface area (Å²) in [5.41, 5.74) is 9.94. The quantitative estimate of drug-likeness (QED) is 0.425. The number of carbonyl (C=O) groups excluding carboxylic acids is 1. The van der Waals surface area contributed by atoms with Gasteiger partial charge in [0, 0.05) is 12.6 Å². The van der Waals surface area contributed by atoms with Crippen molar-refractivity contribution in [1.29, 1.82) is 0 Å². The average molecular weight is 497 g/mol. The number of hydrogen-bond donors (Lipinski definition) is 1. The maximum Gasteiger partial charge on any atom is 0.387 e. The second-order valence-electron chi connectivity index (χ2n) is 8.69. The first-order valence-corrected chi connectivity index (χ1v) is 11.8. The standard InChI is InChI=1S/C28H30F2N2O4/c1-34-24-16-20-14-15-32(26(27(31)33)19-6-4-3-5-7-19)23(22(20)17-25(24)35-2)13-10-18-8-11-21(12-9-18)36-28(29)30/h3-9,11-12,16-17,23,26,28H,10,13-15H2,1-2H3,(H2,31,33)/t23-,26?/m0/s1. The van der Waals surface area contributed by atoms with Crippen LogP contribution in [0.3, 0.4) is 0 Å². The van der Waals surface area contributed by atoms with Gasteiger partial charge in [0.1, 0.15) is 11.8 Å². The number of alkyl halides is 2. The molecule has 0 bridgehead atoms. The molecule has 0 aromatic heterocycles. The number of nitrogens with two attached hydrogens (primary N) is 1. The van der Waals surface area contributed by atoms with Crippen molar-refractivity contribution >= 4 is 5.91 Å². The summed E-state index contributed by atoms with van der Waals surface area (Å²) in [6.07, 6.45) is 2.06. The van der Waals surface area contributed by atoms with Crippen LogP contribution in [0.5, 0.6) is 17.2 Å². The van der Waals surface area contributed by atoms with E-state index in [1.165, 1.54) is 12.1 Å². The number of amides is 1. The SMILES string of the molecule is COc1cc2c(cc1OC)[C@H](CCc1ccc(OC(F)F)cc1)N(C(C(N)=O)c1ccccc1)CC2. The number of primary amides is 1. The van der Waals surface area contributed by atoms with E-state index in [9.17, 15) is 13.6 Å². The number of aryl methyl sites for hydroxylation is 1. The van der Waals surface area contributed by atoms with Gasteiger partial charge in [-0.3, -0.25) is 9.69 Å². The Hall–Kier alpha value is -3.65. The molecule has 3 aromatic carbocycles. The number of nitrogens with zero attached hydrogens (tertiary/aromatic N) is 1. The lowest BCUT2D eigenvalue weighted by Gasteiger charge is -2.41. The third-order valence-corrected chi connectivity index (χ3v) is 6.62. The van der Waals surface area contributed by atoms with Crippen molar-refractivity contribution in [3.8, 4) is 17.2 Å². The summed E-state index contributed by atoms with van der Waals surface area (Å²) in [5, 5.41) is 0. The van der Waals surface area contributed by atoms with Gasteiger partial charge in [-0.05, 0) is 65.8 Å². The molecule has 0 aliphatic carbocycles. The molecule has 0 radical (unpaired) electrons. The molecule has 1 amide bonds. The molecule has 1 aliphatic rings. The highest BCUT2D eigenvalue weighted by atomic mass is 19.3. The Balaban J connectivity index is 1.69. The predicted molar refractivity (Wildman–Crippen MR) is 132 cm³/mol. The van der Waals surface area contributed by atoms with Crippen LogP contribution in [0, 0.1) is 0 Å². The lowest BCUT2D eigenvalue weighted by atomic mass is 9.86. The van der Waals surface area contributed by atoms with Crippen molar-refractivity contribution in [2.24, 2.45) is 5.73 Å². The van der Waals surface area contributed by atoms with E-state index in [0.717, 1.165) is 28.7 Å². The Morgan fingerprint density at radius 3 is 2.31 bits per heavy atom. The van der Waals surface area contributed by atoms with Gasteiger partial charge >= 0.3 is 6.61 Å². The van der Waals surface area contributed by atoms with E-state index in [2.05, 4.69) is 9.64 Å². The Morgan fingerprint density at radius 1 is 1.03 bits per heavy atom. The van der Waals surface area contributed by atoms with Gasteiger partial charge < -0.3 is 19.9 Å². The van der Waals surface area contributed by atoms with Gasteiger partial charge in [0.15, 0.2) is 11.5 Å². The summed E-state index contributed by atoms with van der Waals surface area (Å²) in [6.45, 7) is -2.23. The minimum Gasteiger partial charge on any atom is -0.493 e. The average Bonchev–Trinajstić information content (AvgIpc) is 2.88. The second kappa shape index (κ2) is 11.4. The fraction of sp³-hybridized carbons (Fsp3) is 0.321. The molecule has 1 aliphatic heterocycles. The molecule has 0 saturated carbocycles. The molecule has 0 saturated heterocycles. The maximum absolute atomic E-state index is 12.7. The molecule has 1 heterocycles. The molecule has 3 aromatic rings. The number of benzene rings is 3. The Kier molecular flexibility index (Phi) is 8.05. The van der Waals surface area contributed by atoms with Crippen molar-refractivity contribution < 1.29 is 27.8 Å². The van der Waals surface area contributed by atoms with E-state index < -0.39 is 18.6 Å². The summed E-state index contributed by atoms with van der Waals surface area (Å²) in [7, 11) is 3.20. The second-order valence-corrected chi connectivity index (χ2v) is 8.69. The molecule has 8 heteroatoms. The van der Waals surface area contributed by atoms with Gasteiger partial charge in [0.2, 0.25) is 5.91 Å². The van der Waals surface area contributed by atoms with Crippen molar-refractivity contribution in [2.45, 2.75) is 38.0 Å². The highest BCUT2D eigenvalue weighted by Gasteiger charge is 2.36. The first-order chi connectivity index (χ1) is 17.4. The van der Waals surface area contributed by atoms with E-state index in [1.807, 2.05) is 42.5 Å². The van der Waals surface area contributed by atoms with Gasteiger partial charge in [-0.25, -0.2) is 0 Å². The molecular weight excluding hydrogens is 466 g/mol. The molecule has 190 valence electrons. The number of methoxy groups -OCH3 is 2. The molecule has 4 rings (SSSR count). The molecular formula is C28H30F2N2O4. The zero-order valence-corrected chi connectivity index (χ0v) is 20.3. The zero-order valence-electron chi connectivity index (χ0n) is 20.3. The van der Waals surface area contributed by atoms with Crippen molar-refractivity contribution in [3.05, 3.63) is 89.0 Å². The molecule has 1 unspecified atom stereocenters. The summed E-state index contributed by atoms with van der Waals surface area (Å²) in [6, 6.07) is 19.4. The monoisotopic (exact) mass is 496 g/mol. The van der Waals surface area contributed by atoms with Crippen molar-refractivity contribution in [3.63, 3.8) is 0 Å². The predicted octanol–water partition coefficient (Wildman–Crippen LogP) is 5.06. The van der Waals surface area contributed by atoms with Crippen LogP contribution in [0.1, 0.15) is 40.8 Å². The maximum atomic E-state index is 12.7. The third kappa shape index (κ3) is 5.60. The number of hydrogen-bond acceptors (Lipinski definition) is 5. The molecule has 2 atom stereocenters. The van der Waals surface area contributed by atoms with Crippen LogP contribution in [-0.4, -0.2) is 38.2 Å². The van der Waals surface area contributed by atoms with Gasteiger partial charge in [-0.1, -0.05) is 42.5 Å². The number of carbonyl (C=O) groups is 1. The van der Waals surface area contributed by atoms with Crippen LogP contribution in [0.15, 0.2) is 66.7 Å². The summed E-state index contributed by atoms with van der Waals surface area (Å²) in [4.78, 5) is 14.9. The van der Waals surface area contributed by atoms with Crippen LogP contribution in [-0.2, 0) is 17.6 Å². The summed E-state index contributed by atoms with van der Waals surface area (Å²) < 4.78 is 40.6. The van der Waals surface area contributed by atoms with E-state index >= 15 is 0 Å². The number of rotatable bonds is 10. The normalized spacial score (nSPS) is 16.3. The Labute approximate surface area is 209 Å². The summed E-state index contributed by atoms with van der Waals surface area (Å²) in [5.74, 6) is 0.983. The smallest absolute Gasteiger partial charge is 0.387 e. The van der Waals surface area contributed by atoms with Crippen LogP contribution >= 0.6 is 0 Å². The number of ether oxygens (including phenoxy) is 3. The van der Waals surface area contributed by atoms with E-state index in [0.29, 0.717) is 30.9 Å². The first kappa shape index (κ1) is 25.4. The van der Waals surface area contributed by atoms with Crippen LogP contribution < -0.4 is 19.9 Å². The molecule has 0 spiro atoms. The first-order valence-electron chi connectivity index (χ1n) is 11.8. The zero-order chi connectivity index (χ0) is 25.7. The molecule has 6 nitrogen and oxygen atoms in total. The van der Waals surface area contributed by atoms with Gasteiger partial charge in [-0.15, -0.1) is 0 Å². The van der Waals surface area contributed by atoms with E-state index in [1.54, 1.807) is 26.4 Å². The largest absolute Gasteiger partial charge is 0.493 e. The fourth-order valence-electron chi connectivity index (χ4n) is 4.97. The molecule has 0 fully saturated rings. The Bertz CT molecular complexity index is 1170. The minimum atomic E-state index is -2.86. The minimum absolute atomic E-state index is 0.119. The van der Waals surface area contributed by atoms with Crippen molar-refractivity contribution in [2.75, 3.05) is 20.8 Å². The summed E-state index contributed by atoms with van der Waals surface area (Å²) >= 11 is 0. The lowest BCUT2D eigenvalue weighted by molar-refractivity contribution is -0.124. The van der Waals surface area contributed by atoms with Crippen molar-refractivity contribution in [1.82, 2.24) is 4.90 Å². The van der Waals surface area contributed by atoms with E-state index in [4.69, 9.17) is 15.2 Å². The highest BCUT2D eigenvalue weighted by Crippen LogP contribution is 2.43. The van der Waals surface area contributed by atoms with Crippen LogP contribution in [0.2, 0.25) is 0 Å². The highest BCUT2D eigenvalue weighted by molar-refractivity contribution is 5.81. The topological polar surface area (TPSA) is 74.0 Å². The number of halogens is 2. The molecule has 36 heavy (non-hydrogen) atoms. The van der Waals surface area contributed by atoms with Gasteiger partial charge in [-0.2, -0.15) is 8.78 Å². The third-order valence-electron chi connectivity index (χ3n) is 6.62.